The van der Waals surface area contributed by atoms with Crippen LogP contribution >= 0.6 is 0 Å². The Balaban J connectivity index is 1.59. The van der Waals surface area contributed by atoms with Crippen molar-refractivity contribution in [3.8, 4) is 0 Å². The average molecular weight is 292 g/mol. The van der Waals surface area contributed by atoms with Crippen molar-refractivity contribution in [2.45, 2.75) is 38.3 Å². The van der Waals surface area contributed by atoms with Crippen LogP contribution in [0, 0.1) is 5.41 Å². The number of carbonyl (C=O) groups is 1. The number of aromatic amines is 1. The number of amides is 1. The van der Waals surface area contributed by atoms with Crippen molar-refractivity contribution >= 4 is 5.91 Å². The van der Waals surface area contributed by atoms with E-state index in [-0.39, 0.29) is 11.3 Å². The van der Waals surface area contributed by atoms with Crippen LogP contribution in [0.4, 0.5) is 0 Å². The van der Waals surface area contributed by atoms with E-state index in [1.165, 1.54) is 16.8 Å². The van der Waals surface area contributed by atoms with Gasteiger partial charge in [-0.3, -0.25) is 19.1 Å². The molecule has 1 saturated carbocycles. The first-order valence-electron chi connectivity index (χ1n) is 7.43. The van der Waals surface area contributed by atoms with E-state index in [4.69, 9.17) is 0 Å². The molecule has 3 N–H and O–H groups in total. The average Bonchev–Trinajstić information content (AvgIpc) is 3.01. The summed E-state index contributed by atoms with van der Waals surface area (Å²) in [4.78, 5) is 37.2. The first-order valence-corrected chi connectivity index (χ1v) is 7.43. The number of aromatic nitrogens is 2. The number of hydrogen-bond donors (Lipinski definition) is 3. The Hall–Kier alpha value is -1.89. The molecule has 0 radical (unpaired) electrons. The summed E-state index contributed by atoms with van der Waals surface area (Å²) < 4.78 is 1.39. The minimum Gasteiger partial charge on any atom is -0.354 e. The molecule has 114 valence electrons. The van der Waals surface area contributed by atoms with Crippen LogP contribution in [0.1, 0.15) is 25.7 Å². The van der Waals surface area contributed by atoms with E-state index in [0.29, 0.717) is 19.1 Å². The SMILES string of the molecule is O=C(NCCn1ccc(=O)[nH]c1=O)[C@]12CCC[C@H]1NCC2. The van der Waals surface area contributed by atoms with Crippen LogP contribution in [0.2, 0.25) is 0 Å². The van der Waals surface area contributed by atoms with Gasteiger partial charge in [-0.25, -0.2) is 4.79 Å². The Bertz CT molecular complexity index is 638. The molecular weight excluding hydrogens is 272 g/mol. The standard InChI is InChI=1S/C14H20N4O3/c19-11-3-8-18(13(21)17-11)9-7-16-12(20)14-4-1-2-10(14)15-6-5-14/h3,8,10,15H,1-2,4-7,9H2,(H,16,20)(H,17,19,21)/t10-,14+/m1/s1. The van der Waals surface area contributed by atoms with Crippen molar-refractivity contribution in [3.63, 3.8) is 0 Å². The summed E-state index contributed by atoms with van der Waals surface area (Å²) in [5.41, 5.74) is -1.11. The molecule has 1 saturated heterocycles. The molecule has 1 aliphatic carbocycles. The fraction of sp³-hybridized carbons (Fsp3) is 0.643. The van der Waals surface area contributed by atoms with Gasteiger partial charge >= 0.3 is 5.69 Å². The van der Waals surface area contributed by atoms with Gasteiger partial charge in [-0.1, -0.05) is 6.42 Å². The molecule has 0 bridgehead atoms. The molecular formula is C14H20N4O3. The Morgan fingerprint density at radius 1 is 1.43 bits per heavy atom. The molecule has 2 fully saturated rings. The van der Waals surface area contributed by atoms with E-state index in [1.807, 2.05) is 0 Å². The number of nitrogens with one attached hydrogen (secondary N) is 3. The van der Waals surface area contributed by atoms with Crippen molar-refractivity contribution in [3.05, 3.63) is 33.1 Å². The molecule has 0 aromatic carbocycles. The normalized spacial score (nSPS) is 27.5. The summed E-state index contributed by atoms with van der Waals surface area (Å²) in [6, 6.07) is 1.60. The number of carbonyl (C=O) groups excluding carboxylic acids is 1. The highest BCUT2D eigenvalue weighted by Crippen LogP contribution is 2.44. The second kappa shape index (κ2) is 5.48. The van der Waals surface area contributed by atoms with Crippen LogP contribution in [0.15, 0.2) is 21.9 Å². The molecule has 7 nitrogen and oxygen atoms in total. The molecule has 2 aliphatic rings. The third kappa shape index (κ3) is 2.53. The maximum atomic E-state index is 12.5. The molecule has 7 heteroatoms. The lowest BCUT2D eigenvalue weighted by atomic mass is 9.81. The van der Waals surface area contributed by atoms with Gasteiger partial charge in [-0.15, -0.1) is 0 Å². The zero-order valence-corrected chi connectivity index (χ0v) is 11.9. The predicted molar refractivity (Wildman–Crippen MR) is 77.0 cm³/mol. The summed E-state index contributed by atoms with van der Waals surface area (Å²) in [7, 11) is 0. The van der Waals surface area contributed by atoms with Gasteiger partial charge in [0.2, 0.25) is 5.91 Å². The van der Waals surface area contributed by atoms with Gasteiger partial charge in [0.25, 0.3) is 5.56 Å². The quantitative estimate of drug-likeness (QED) is 0.676. The third-order valence-electron chi connectivity index (χ3n) is 4.73. The Morgan fingerprint density at radius 2 is 2.29 bits per heavy atom. The van der Waals surface area contributed by atoms with Crippen LogP contribution in [-0.2, 0) is 11.3 Å². The number of hydrogen-bond acceptors (Lipinski definition) is 4. The molecule has 1 aliphatic heterocycles. The van der Waals surface area contributed by atoms with Crippen molar-refractivity contribution in [1.82, 2.24) is 20.2 Å². The predicted octanol–water partition coefficient (Wildman–Crippen LogP) is -0.815. The number of H-pyrrole nitrogens is 1. The molecule has 1 aromatic rings. The lowest BCUT2D eigenvalue weighted by molar-refractivity contribution is -0.130. The lowest BCUT2D eigenvalue weighted by Crippen LogP contribution is -2.46. The first kappa shape index (κ1) is 14.1. The lowest BCUT2D eigenvalue weighted by Gasteiger charge is -2.27. The van der Waals surface area contributed by atoms with E-state index in [1.54, 1.807) is 0 Å². The summed E-state index contributed by atoms with van der Waals surface area (Å²) >= 11 is 0. The van der Waals surface area contributed by atoms with Crippen LogP contribution < -0.4 is 21.9 Å². The third-order valence-corrected chi connectivity index (χ3v) is 4.73. The number of rotatable bonds is 4. The van der Waals surface area contributed by atoms with Crippen LogP contribution in [-0.4, -0.2) is 34.6 Å². The van der Waals surface area contributed by atoms with E-state index >= 15 is 0 Å². The van der Waals surface area contributed by atoms with Crippen molar-refractivity contribution < 1.29 is 4.79 Å². The largest absolute Gasteiger partial charge is 0.354 e. The van der Waals surface area contributed by atoms with Gasteiger partial charge in [-0.05, 0) is 25.8 Å². The molecule has 2 heterocycles. The number of fused-ring (bicyclic) bond motifs is 1. The zero-order valence-electron chi connectivity index (χ0n) is 11.9. The Morgan fingerprint density at radius 3 is 3.10 bits per heavy atom. The summed E-state index contributed by atoms with van der Waals surface area (Å²) in [6.07, 6.45) is 5.43. The minimum absolute atomic E-state index is 0.0903. The summed E-state index contributed by atoms with van der Waals surface area (Å²) in [6.45, 7) is 1.65. The fourth-order valence-electron chi connectivity index (χ4n) is 3.61. The minimum atomic E-state index is -0.448. The van der Waals surface area contributed by atoms with Gasteiger partial charge in [0.05, 0.1) is 5.41 Å². The Labute approximate surface area is 121 Å². The number of nitrogens with zero attached hydrogens (tertiary/aromatic N) is 1. The molecule has 3 rings (SSSR count). The summed E-state index contributed by atoms with van der Waals surface area (Å²) in [5, 5.41) is 6.35. The van der Waals surface area contributed by atoms with Gasteiger partial charge in [0.1, 0.15) is 0 Å². The van der Waals surface area contributed by atoms with Crippen molar-refractivity contribution in [2.75, 3.05) is 13.1 Å². The van der Waals surface area contributed by atoms with E-state index in [2.05, 4.69) is 15.6 Å². The monoisotopic (exact) mass is 292 g/mol. The second-order valence-corrected chi connectivity index (χ2v) is 5.86. The van der Waals surface area contributed by atoms with Gasteiger partial charge in [0.15, 0.2) is 0 Å². The van der Waals surface area contributed by atoms with E-state index in [0.717, 1.165) is 32.2 Å². The first-order chi connectivity index (χ1) is 10.1. The van der Waals surface area contributed by atoms with Crippen LogP contribution in [0.3, 0.4) is 0 Å². The molecule has 21 heavy (non-hydrogen) atoms. The topological polar surface area (TPSA) is 96.0 Å². The van der Waals surface area contributed by atoms with Gasteiger partial charge in [-0.2, -0.15) is 0 Å². The maximum Gasteiger partial charge on any atom is 0.328 e. The van der Waals surface area contributed by atoms with E-state index in [9.17, 15) is 14.4 Å². The molecule has 1 aromatic heterocycles. The van der Waals surface area contributed by atoms with Gasteiger partial charge in [0, 0.05) is 31.4 Å². The smallest absolute Gasteiger partial charge is 0.328 e. The highest BCUT2D eigenvalue weighted by atomic mass is 16.2. The highest BCUT2D eigenvalue weighted by Gasteiger charge is 2.51. The molecule has 2 atom stereocenters. The molecule has 1 amide bonds. The zero-order chi connectivity index (χ0) is 14.9. The molecule has 0 spiro atoms. The van der Waals surface area contributed by atoms with Crippen molar-refractivity contribution in [1.29, 1.82) is 0 Å². The van der Waals surface area contributed by atoms with E-state index < -0.39 is 11.2 Å². The maximum absolute atomic E-state index is 12.5. The second-order valence-electron chi connectivity index (χ2n) is 5.86. The van der Waals surface area contributed by atoms with Crippen molar-refractivity contribution in [2.24, 2.45) is 5.41 Å². The van der Waals surface area contributed by atoms with Crippen LogP contribution in [0.25, 0.3) is 0 Å². The van der Waals surface area contributed by atoms with Gasteiger partial charge < -0.3 is 10.6 Å². The fourth-order valence-corrected chi connectivity index (χ4v) is 3.61. The molecule has 0 unspecified atom stereocenters. The summed E-state index contributed by atoms with van der Waals surface area (Å²) in [5.74, 6) is 0.0903. The Kier molecular flexibility index (Phi) is 3.67. The van der Waals surface area contributed by atoms with Crippen LogP contribution in [0.5, 0.6) is 0 Å². The highest BCUT2D eigenvalue weighted by molar-refractivity contribution is 5.84.